The van der Waals surface area contributed by atoms with Crippen molar-refractivity contribution in [3.05, 3.63) is 35.9 Å². The molecule has 1 aromatic rings. The van der Waals surface area contributed by atoms with Crippen molar-refractivity contribution in [1.82, 2.24) is 10.2 Å². The third kappa shape index (κ3) is 3.37. The lowest BCUT2D eigenvalue weighted by atomic mass is 9.94. The molecule has 2 rings (SSSR count). The Kier molecular flexibility index (Phi) is 5.00. The number of nitrogens with one attached hydrogen (secondary N) is 1. The van der Waals surface area contributed by atoms with Crippen LogP contribution in [0.1, 0.15) is 45.7 Å². The molecular weight excluding hydrogens is 232 g/mol. The summed E-state index contributed by atoms with van der Waals surface area (Å²) in [6, 6.07) is 12.7. The minimum atomic E-state index is 0.477. The SMILES string of the molecule is CCC(C)N1CC(c2ccccc2)NCC1C(C)C. The highest BCUT2D eigenvalue weighted by Gasteiger charge is 2.32. The molecular formula is C17H28N2. The Hall–Kier alpha value is -0.860. The first-order chi connectivity index (χ1) is 9.13. The minimum absolute atomic E-state index is 0.477. The van der Waals surface area contributed by atoms with E-state index in [0.29, 0.717) is 24.0 Å². The summed E-state index contributed by atoms with van der Waals surface area (Å²) in [7, 11) is 0. The molecule has 0 spiro atoms. The zero-order valence-corrected chi connectivity index (χ0v) is 12.8. The van der Waals surface area contributed by atoms with Crippen LogP contribution in [0.25, 0.3) is 0 Å². The Morgan fingerprint density at radius 3 is 2.47 bits per heavy atom. The first-order valence-corrected chi connectivity index (χ1v) is 7.67. The topological polar surface area (TPSA) is 15.3 Å². The summed E-state index contributed by atoms with van der Waals surface area (Å²) in [5.41, 5.74) is 1.41. The van der Waals surface area contributed by atoms with Crippen molar-refractivity contribution < 1.29 is 0 Å². The van der Waals surface area contributed by atoms with E-state index in [1.54, 1.807) is 0 Å². The average Bonchev–Trinajstić information content (AvgIpc) is 2.46. The Labute approximate surface area is 118 Å². The summed E-state index contributed by atoms with van der Waals surface area (Å²) >= 11 is 0. The van der Waals surface area contributed by atoms with Crippen LogP contribution < -0.4 is 5.32 Å². The van der Waals surface area contributed by atoms with Gasteiger partial charge in [0.05, 0.1) is 0 Å². The summed E-state index contributed by atoms with van der Waals surface area (Å²) in [6.45, 7) is 11.6. The first kappa shape index (κ1) is 14.5. The maximum atomic E-state index is 3.73. The van der Waals surface area contributed by atoms with Gasteiger partial charge in [0.2, 0.25) is 0 Å². The summed E-state index contributed by atoms with van der Waals surface area (Å²) in [4.78, 5) is 2.71. The Morgan fingerprint density at radius 1 is 1.21 bits per heavy atom. The van der Waals surface area contributed by atoms with E-state index in [2.05, 4.69) is 68.2 Å². The lowest BCUT2D eigenvalue weighted by molar-refractivity contribution is 0.0605. The summed E-state index contributed by atoms with van der Waals surface area (Å²) < 4.78 is 0. The van der Waals surface area contributed by atoms with Gasteiger partial charge in [-0.25, -0.2) is 0 Å². The van der Waals surface area contributed by atoms with Gasteiger partial charge in [-0.1, -0.05) is 51.1 Å². The number of benzene rings is 1. The van der Waals surface area contributed by atoms with Crippen LogP contribution in [0, 0.1) is 5.92 Å². The van der Waals surface area contributed by atoms with Gasteiger partial charge < -0.3 is 5.32 Å². The molecule has 1 N–H and O–H groups in total. The molecule has 0 radical (unpaired) electrons. The van der Waals surface area contributed by atoms with Crippen LogP contribution in [0.4, 0.5) is 0 Å². The van der Waals surface area contributed by atoms with Crippen molar-refractivity contribution in [2.45, 2.75) is 52.2 Å². The molecule has 3 atom stereocenters. The zero-order valence-electron chi connectivity index (χ0n) is 12.8. The van der Waals surface area contributed by atoms with Gasteiger partial charge in [0.1, 0.15) is 0 Å². The van der Waals surface area contributed by atoms with Gasteiger partial charge in [-0.3, -0.25) is 4.90 Å². The van der Waals surface area contributed by atoms with Gasteiger partial charge >= 0.3 is 0 Å². The number of nitrogens with zero attached hydrogens (tertiary/aromatic N) is 1. The second-order valence-corrected chi connectivity index (χ2v) is 6.14. The van der Waals surface area contributed by atoms with Gasteiger partial charge in [-0.15, -0.1) is 0 Å². The summed E-state index contributed by atoms with van der Waals surface area (Å²) in [6.07, 6.45) is 1.23. The van der Waals surface area contributed by atoms with E-state index < -0.39 is 0 Å². The largest absolute Gasteiger partial charge is 0.307 e. The Morgan fingerprint density at radius 2 is 1.89 bits per heavy atom. The fourth-order valence-corrected chi connectivity index (χ4v) is 3.06. The summed E-state index contributed by atoms with van der Waals surface area (Å²) in [5.74, 6) is 0.707. The van der Waals surface area contributed by atoms with E-state index in [1.165, 1.54) is 12.0 Å². The quantitative estimate of drug-likeness (QED) is 0.892. The number of rotatable bonds is 4. The number of hydrogen-bond acceptors (Lipinski definition) is 2. The van der Waals surface area contributed by atoms with Crippen molar-refractivity contribution in [2.75, 3.05) is 13.1 Å². The van der Waals surface area contributed by atoms with Crippen molar-refractivity contribution in [3.63, 3.8) is 0 Å². The molecule has 2 heteroatoms. The summed E-state index contributed by atoms with van der Waals surface area (Å²) in [5, 5.41) is 3.73. The van der Waals surface area contributed by atoms with Crippen LogP contribution in [0.5, 0.6) is 0 Å². The zero-order chi connectivity index (χ0) is 13.8. The molecule has 19 heavy (non-hydrogen) atoms. The van der Waals surface area contributed by atoms with Crippen molar-refractivity contribution in [2.24, 2.45) is 5.92 Å². The smallest absolute Gasteiger partial charge is 0.0450 e. The Bertz CT molecular complexity index is 374. The van der Waals surface area contributed by atoms with Crippen LogP contribution in [-0.4, -0.2) is 30.1 Å². The molecule has 0 bridgehead atoms. The second-order valence-electron chi connectivity index (χ2n) is 6.14. The van der Waals surface area contributed by atoms with Crippen LogP contribution in [-0.2, 0) is 0 Å². The molecule has 106 valence electrons. The molecule has 1 aliphatic rings. The first-order valence-electron chi connectivity index (χ1n) is 7.67. The molecule has 1 heterocycles. The second kappa shape index (κ2) is 6.53. The lowest BCUT2D eigenvalue weighted by Gasteiger charge is -2.45. The Balaban J connectivity index is 2.12. The molecule has 0 saturated carbocycles. The molecule has 2 nitrogen and oxygen atoms in total. The minimum Gasteiger partial charge on any atom is -0.307 e. The third-order valence-electron chi connectivity index (χ3n) is 4.52. The fraction of sp³-hybridized carbons (Fsp3) is 0.647. The van der Waals surface area contributed by atoms with Gasteiger partial charge in [0.25, 0.3) is 0 Å². The van der Waals surface area contributed by atoms with Crippen LogP contribution in [0.15, 0.2) is 30.3 Å². The standard InChI is InChI=1S/C17H28N2/c1-5-14(4)19-12-16(15-9-7-6-8-10-15)18-11-17(19)13(2)3/h6-10,13-14,16-18H,5,11-12H2,1-4H3. The molecule has 0 amide bonds. The molecule has 0 aliphatic carbocycles. The van der Waals surface area contributed by atoms with Crippen LogP contribution >= 0.6 is 0 Å². The van der Waals surface area contributed by atoms with E-state index >= 15 is 0 Å². The molecule has 1 aromatic carbocycles. The maximum Gasteiger partial charge on any atom is 0.0450 e. The van der Waals surface area contributed by atoms with Gasteiger partial charge in [0.15, 0.2) is 0 Å². The number of piperazine rings is 1. The normalized spacial score (nSPS) is 26.6. The van der Waals surface area contributed by atoms with E-state index in [-0.39, 0.29) is 0 Å². The molecule has 3 unspecified atom stereocenters. The van der Waals surface area contributed by atoms with E-state index in [9.17, 15) is 0 Å². The highest BCUT2D eigenvalue weighted by molar-refractivity contribution is 5.20. The average molecular weight is 260 g/mol. The number of hydrogen-bond donors (Lipinski definition) is 1. The fourth-order valence-electron chi connectivity index (χ4n) is 3.06. The third-order valence-corrected chi connectivity index (χ3v) is 4.52. The predicted molar refractivity (Wildman–Crippen MR) is 82.3 cm³/mol. The molecule has 1 fully saturated rings. The maximum absolute atomic E-state index is 3.73. The highest BCUT2D eigenvalue weighted by atomic mass is 15.3. The van der Waals surface area contributed by atoms with Gasteiger partial charge in [-0.05, 0) is 24.8 Å². The van der Waals surface area contributed by atoms with Crippen molar-refractivity contribution >= 4 is 0 Å². The predicted octanol–water partition coefficient (Wildman–Crippen LogP) is 3.46. The molecule has 1 aliphatic heterocycles. The van der Waals surface area contributed by atoms with Gasteiger partial charge in [-0.2, -0.15) is 0 Å². The van der Waals surface area contributed by atoms with Gasteiger partial charge in [0, 0.05) is 31.2 Å². The lowest BCUT2D eigenvalue weighted by Crippen LogP contribution is -2.57. The van der Waals surface area contributed by atoms with E-state index in [1.807, 2.05) is 0 Å². The van der Waals surface area contributed by atoms with Crippen LogP contribution in [0.3, 0.4) is 0 Å². The van der Waals surface area contributed by atoms with Crippen LogP contribution in [0.2, 0.25) is 0 Å². The molecule has 1 saturated heterocycles. The van der Waals surface area contributed by atoms with Crippen molar-refractivity contribution in [3.8, 4) is 0 Å². The monoisotopic (exact) mass is 260 g/mol. The highest BCUT2D eigenvalue weighted by Crippen LogP contribution is 2.25. The van der Waals surface area contributed by atoms with Crippen molar-refractivity contribution in [1.29, 1.82) is 0 Å². The molecule has 0 aromatic heterocycles. The van der Waals surface area contributed by atoms with E-state index in [0.717, 1.165) is 13.1 Å². The van der Waals surface area contributed by atoms with E-state index in [4.69, 9.17) is 0 Å².